The predicted molar refractivity (Wildman–Crippen MR) is 79.3 cm³/mol. The number of hydrogen-bond donors (Lipinski definition) is 1. The number of guanidine groups is 1. The third-order valence-electron chi connectivity index (χ3n) is 4.53. The SMILES string of the molecule is CC1(c2ccc(F)cc2Cl)CN=C(N)N1C1CCCC1. The van der Waals surface area contributed by atoms with Crippen LogP contribution in [0.1, 0.15) is 38.2 Å². The maximum Gasteiger partial charge on any atom is 0.192 e. The number of hydrogen-bond acceptors (Lipinski definition) is 3. The largest absolute Gasteiger partial charge is 0.370 e. The Morgan fingerprint density at radius 2 is 2.10 bits per heavy atom. The fourth-order valence-corrected chi connectivity index (χ4v) is 3.90. The first kappa shape index (κ1) is 13.7. The average molecular weight is 296 g/mol. The Labute approximate surface area is 123 Å². The van der Waals surface area contributed by atoms with Crippen LogP contribution in [0.3, 0.4) is 0 Å². The van der Waals surface area contributed by atoms with Crippen LogP contribution in [-0.4, -0.2) is 23.4 Å². The quantitative estimate of drug-likeness (QED) is 0.910. The van der Waals surface area contributed by atoms with Crippen molar-refractivity contribution in [1.82, 2.24) is 4.90 Å². The van der Waals surface area contributed by atoms with Gasteiger partial charge >= 0.3 is 0 Å². The summed E-state index contributed by atoms with van der Waals surface area (Å²) in [6.07, 6.45) is 4.71. The number of halogens is 2. The summed E-state index contributed by atoms with van der Waals surface area (Å²) < 4.78 is 13.3. The summed E-state index contributed by atoms with van der Waals surface area (Å²) in [5, 5.41) is 0.445. The fourth-order valence-electron chi connectivity index (χ4n) is 3.53. The zero-order valence-electron chi connectivity index (χ0n) is 11.6. The number of rotatable bonds is 2. The molecule has 0 bridgehead atoms. The van der Waals surface area contributed by atoms with Crippen LogP contribution >= 0.6 is 11.6 Å². The zero-order valence-corrected chi connectivity index (χ0v) is 12.3. The van der Waals surface area contributed by atoms with Crippen molar-refractivity contribution in [2.45, 2.75) is 44.2 Å². The normalized spacial score (nSPS) is 27.1. The lowest BCUT2D eigenvalue weighted by atomic mass is 9.89. The van der Waals surface area contributed by atoms with Crippen molar-refractivity contribution in [1.29, 1.82) is 0 Å². The Morgan fingerprint density at radius 1 is 1.40 bits per heavy atom. The van der Waals surface area contributed by atoms with Gasteiger partial charge in [0.15, 0.2) is 5.96 Å². The van der Waals surface area contributed by atoms with E-state index in [1.54, 1.807) is 6.07 Å². The van der Waals surface area contributed by atoms with Crippen molar-refractivity contribution in [2.75, 3.05) is 6.54 Å². The summed E-state index contributed by atoms with van der Waals surface area (Å²) >= 11 is 6.26. The van der Waals surface area contributed by atoms with E-state index in [1.165, 1.54) is 25.0 Å². The van der Waals surface area contributed by atoms with Crippen LogP contribution in [0, 0.1) is 5.82 Å². The summed E-state index contributed by atoms with van der Waals surface area (Å²) in [6, 6.07) is 4.98. The van der Waals surface area contributed by atoms with Gasteiger partial charge in [-0.3, -0.25) is 4.99 Å². The highest BCUT2D eigenvalue weighted by atomic mass is 35.5. The molecule has 1 atom stereocenters. The molecule has 1 unspecified atom stereocenters. The van der Waals surface area contributed by atoms with E-state index < -0.39 is 0 Å². The van der Waals surface area contributed by atoms with Crippen LogP contribution in [0.25, 0.3) is 0 Å². The topological polar surface area (TPSA) is 41.6 Å². The molecule has 5 heteroatoms. The lowest BCUT2D eigenvalue weighted by molar-refractivity contribution is 0.167. The van der Waals surface area contributed by atoms with Gasteiger partial charge < -0.3 is 10.6 Å². The van der Waals surface area contributed by atoms with Gasteiger partial charge in [0.05, 0.1) is 12.1 Å². The molecular formula is C15H19ClFN3. The number of benzene rings is 1. The molecule has 1 heterocycles. The zero-order chi connectivity index (χ0) is 14.3. The summed E-state index contributed by atoms with van der Waals surface area (Å²) in [5.41, 5.74) is 6.64. The minimum Gasteiger partial charge on any atom is -0.370 e. The van der Waals surface area contributed by atoms with E-state index >= 15 is 0 Å². The van der Waals surface area contributed by atoms with Crippen LogP contribution < -0.4 is 5.73 Å². The summed E-state index contributed by atoms with van der Waals surface area (Å²) in [7, 11) is 0. The summed E-state index contributed by atoms with van der Waals surface area (Å²) in [4.78, 5) is 6.62. The molecule has 2 N–H and O–H groups in total. The van der Waals surface area contributed by atoms with Crippen molar-refractivity contribution in [3.05, 3.63) is 34.6 Å². The third kappa shape index (κ3) is 2.06. The second kappa shape index (κ2) is 4.92. The molecule has 3 nitrogen and oxygen atoms in total. The van der Waals surface area contributed by atoms with E-state index in [9.17, 15) is 4.39 Å². The van der Waals surface area contributed by atoms with E-state index in [4.69, 9.17) is 17.3 Å². The highest BCUT2D eigenvalue weighted by Gasteiger charge is 2.44. The van der Waals surface area contributed by atoms with E-state index in [2.05, 4.69) is 16.8 Å². The second-order valence-electron chi connectivity index (χ2n) is 5.88. The average Bonchev–Trinajstić information content (AvgIpc) is 2.98. The van der Waals surface area contributed by atoms with E-state index in [1.807, 2.05) is 0 Å². The molecule has 1 aromatic rings. The molecule has 1 saturated carbocycles. The highest BCUT2D eigenvalue weighted by molar-refractivity contribution is 6.31. The molecule has 1 aliphatic heterocycles. The highest BCUT2D eigenvalue weighted by Crippen LogP contribution is 2.41. The van der Waals surface area contributed by atoms with Crippen LogP contribution in [-0.2, 0) is 5.54 Å². The van der Waals surface area contributed by atoms with Crippen molar-refractivity contribution in [2.24, 2.45) is 10.7 Å². The van der Waals surface area contributed by atoms with Gasteiger partial charge in [-0.1, -0.05) is 30.5 Å². The molecule has 1 fully saturated rings. The Morgan fingerprint density at radius 3 is 2.75 bits per heavy atom. The Balaban J connectivity index is 2.01. The third-order valence-corrected chi connectivity index (χ3v) is 4.84. The molecule has 0 amide bonds. The standard InChI is InChI=1S/C15H19ClFN3/c1-15(12-7-6-10(17)8-13(12)16)9-19-14(18)20(15)11-4-2-3-5-11/h6-8,11H,2-5,9H2,1H3,(H2,18,19). The molecular weight excluding hydrogens is 277 g/mol. The minimum atomic E-state index is -0.371. The molecule has 20 heavy (non-hydrogen) atoms. The van der Waals surface area contributed by atoms with Crippen molar-refractivity contribution < 1.29 is 4.39 Å². The molecule has 1 aromatic carbocycles. The first-order valence-electron chi connectivity index (χ1n) is 7.07. The number of nitrogens with zero attached hydrogens (tertiary/aromatic N) is 2. The first-order valence-corrected chi connectivity index (χ1v) is 7.45. The van der Waals surface area contributed by atoms with Gasteiger partial charge in [0.1, 0.15) is 5.82 Å². The predicted octanol–water partition coefficient (Wildman–Crippen LogP) is 3.27. The minimum absolute atomic E-state index is 0.318. The monoisotopic (exact) mass is 295 g/mol. The molecule has 2 aliphatic rings. The van der Waals surface area contributed by atoms with Gasteiger partial charge in [0.25, 0.3) is 0 Å². The Bertz CT molecular complexity index is 554. The van der Waals surface area contributed by atoms with Crippen molar-refractivity contribution >= 4 is 17.6 Å². The summed E-state index contributed by atoms with van der Waals surface area (Å²) in [5.74, 6) is 0.265. The lowest BCUT2D eigenvalue weighted by Crippen LogP contribution is -2.52. The molecule has 0 aromatic heterocycles. The van der Waals surface area contributed by atoms with E-state index in [-0.39, 0.29) is 11.4 Å². The molecule has 108 valence electrons. The fraction of sp³-hybridized carbons (Fsp3) is 0.533. The van der Waals surface area contributed by atoms with Crippen LogP contribution in [0.5, 0.6) is 0 Å². The van der Waals surface area contributed by atoms with Crippen molar-refractivity contribution in [3.8, 4) is 0 Å². The smallest absolute Gasteiger partial charge is 0.192 e. The van der Waals surface area contributed by atoms with Crippen molar-refractivity contribution in [3.63, 3.8) is 0 Å². The first-order chi connectivity index (χ1) is 9.52. The second-order valence-corrected chi connectivity index (χ2v) is 6.29. The van der Waals surface area contributed by atoms with Crippen LogP contribution in [0.2, 0.25) is 5.02 Å². The van der Waals surface area contributed by atoms with Crippen LogP contribution in [0.15, 0.2) is 23.2 Å². The molecule has 3 rings (SSSR count). The Kier molecular flexibility index (Phi) is 3.36. The molecule has 1 aliphatic carbocycles. The molecule has 0 saturated heterocycles. The van der Waals surface area contributed by atoms with Gasteiger partial charge in [-0.15, -0.1) is 0 Å². The molecule has 0 spiro atoms. The van der Waals surface area contributed by atoms with Crippen LogP contribution in [0.4, 0.5) is 4.39 Å². The van der Waals surface area contributed by atoms with Gasteiger partial charge in [0.2, 0.25) is 0 Å². The van der Waals surface area contributed by atoms with Gasteiger partial charge in [0, 0.05) is 11.1 Å². The van der Waals surface area contributed by atoms with Gasteiger partial charge in [-0.05, 0) is 37.5 Å². The number of aliphatic imine (C=N–C) groups is 1. The van der Waals surface area contributed by atoms with Gasteiger partial charge in [-0.2, -0.15) is 0 Å². The van der Waals surface area contributed by atoms with E-state index in [0.29, 0.717) is 23.6 Å². The Hall–Kier alpha value is -1.29. The van der Waals surface area contributed by atoms with Gasteiger partial charge in [-0.25, -0.2) is 4.39 Å². The maximum absolute atomic E-state index is 13.3. The maximum atomic E-state index is 13.3. The molecule has 0 radical (unpaired) electrons. The number of nitrogens with two attached hydrogens (primary N) is 1. The summed E-state index contributed by atoms with van der Waals surface area (Å²) in [6.45, 7) is 2.66. The lowest BCUT2D eigenvalue weighted by Gasteiger charge is -2.41. The van der Waals surface area contributed by atoms with E-state index in [0.717, 1.165) is 18.4 Å².